The minimum Gasteiger partial charge on any atom is -0.507 e. The SMILES string of the molecule is CCOc1cccc(N2C(=O)C(=O)/C(=C(/O)c3cccc(OC(C)C)c3)C2c2cccc(C)c2)c1. The van der Waals surface area contributed by atoms with E-state index in [9.17, 15) is 14.7 Å². The molecule has 3 aromatic carbocycles. The molecule has 0 bridgehead atoms. The van der Waals surface area contributed by atoms with Crippen molar-refractivity contribution < 1.29 is 24.2 Å². The third kappa shape index (κ3) is 4.92. The summed E-state index contributed by atoms with van der Waals surface area (Å²) in [7, 11) is 0. The molecule has 1 amide bonds. The normalized spacial score (nSPS) is 17.2. The highest BCUT2D eigenvalue weighted by atomic mass is 16.5. The van der Waals surface area contributed by atoms with Crippen LogP contribution in [0.3, 0.4) is 0 Å². The molecule has 1 heterocycles. The monoisotopic (exact) mass is 471 g/mol. The van der Waals surface area contributed by atoms with E-state index in [1.165, 1.54) is 4.90 Å². The van der Waals surface area contributed by atoms with Gasteiger partial charge in [0.25, 0.3) is 11.7 Å². The zero-order chi connectivity index (χ0) is 25.1. The van der Waals surface area contributed by atoms with Gasteiger partial charge >= 0.3 is 0 Å². The van der Waals surface area contributed by atoms with E-state index < -0.39 is 17.7 Å². The van der Waals surface area contributed by atoms with E-state index in [2.05, 4.69) is 0 Å². The summed E-state index contributed by atoms with van der Waals surface area (Å²) in [5.41, 5.74) is 2.65. The van der Waals surface area contributed by atoms with Crippen LogP contribution in [0.1, 0.15) is 43.5 Å². The molecule has 6 heteroatoms. The first-order valence-corrected chi connectivity index (χ1v) is 11.7. The lowest BCUT2D eigenvalue weighted by Gasteiger charge is -2.26. The first-order chi connectivity index (χ1) is 16.8. The molecule has 0 spiro atoms. The predicted octanol–water partition coefficient (Wildman–Crippen LogP) is 5.81. The molecule has 1 atom stereocenters. The van der Waals surface area contributed by atoms with E-state index in [1.54, 1.807) is 48.5 Å². The minimum absolute atomic E-state index is 0.0316. The maximum absolute atomic E-state index is 13.4. The van der Waals surface area contributed by atoms with Crippen LogP contribution in [0.15, 0.2) is 78.4 Å². The number of ether oxygens (including phenoxy) is 2. The van der Waals surface area contributed by atoms with Crippen LogP contribution in [0.5, 0.6) is 11.5 Å². The predicted molar refractivity (Wildman–Crippen MR) is 136 cm³/mol. The molecule has 3 aromatic rings. The standard InChI is InChI=1S/C29H29NO5/c1-5-34-23-13-8-12-22(17-23)30-26(20-10-6-9-19(4)15-20)25(28(32)29(30)33)27(31)21-11-7-14-24(16-21)35-18(2)3/h6-18,26,31H,5H2,1-4H3/b27-25+. The van der Waals surface area contributed by atoms with Crippen LogP contribution in [0, 0.1) is 6.92 Å². The number of aryl methyl sites for hydroxylation is 1. The number of carbonyl (C=O) groups is 2. The van der Waals surface area contributed by atoms with Crippen LogP contribution in [0.25, 0.3) is 5.76 Å². The Kier molecular flexibility index (Phi) is 6.92. The van der Waals surface area contributed by atoms with Gasteiger partial charge in [0.1, 0.15) is 17.3 Å². The Hall–Kier alpha value is -4.06. The van der Waals surface area contributed by atoms with Crippen molar-refractivity contribution in [2.75, 3.05) is 11.5 Å². The van der Waals surface area contributed by atoms with Crippen molar-refractivity contribution in [3.05, 3.63) is 95.1 Å². The second-order valence-electron chi connectivity index (χ2n) is 8.71. The Morgan fingerprint density at radius 1 is 0.971 bits per heavy atom. The average molecular weight is 472 g/mol. The number of hydrogen-bond acceptors (Lipinski definition) is 5. The summed E-state index contributed by atoms with van der Waals surface area (Å²) in [5.74, 6) is -0.539. The molecule has 1 unspecified atom stereocenters. The molecule has 1 saturated heterocycles. The largest absolute Gasteiger partial charge is 0.507 e. The van der Waals surface area contributed by atoms with Gasteiger partial charge in [0.2, 0.25) is 0 Å². The van der Waals surface area contributed by atoms with Crippen LogP contribution in [-0.4, -0.2) is 29.5 Å². The summed E-state index contributed by atoms with van der Waals surface area (Å²) in [5, 5.41) is 11.4. The number of nitrogens with zero attached hydrogens (tertiary/aromatic N) is 1. The van der Waals surface area contributed by atoms with Crippen LogP contribution in [-0.2, 0) is 9.59 Å². The number of aliphatic hydroxyl groups is 1. The molecule has 4 rings (SSSR count). The van der Waals surface area contributed by atoms with Gasteiger partial charge in [-0.15, -0.1) is 0 Å². The number of anilines is 1. The number of Topliss-reactive ketones (excluding diaryl/α,β-unsaturated/α-hetero) is 1. The lowest BCUT2D eigenvalue weighted by Crippen LogP contribution is -2.29. The number of ketones is 1. The molecule has 1 N–H and O–H groups in total. The van der Waals surface area contributed by atoms with E-state index in [4.69, 9.17) is 9.47 Å². The highest BCUT2D eigenvalue weighted by molar-refractivity contribution is 6.51. The molecule has 1 fully saturated rings. The molecular weight excluding hydrogens is 442 g/mol. The van der Waals surface area contributed by atoms with Crippen LogP contribution in [0.4, 0.5) is 5.69 Å². The van der Waals surface area contributed by atoms with Gasteiger partial charge in [0.05, 0.1) is 24.3 Å². The zero-order valence-electron chi connectivity index (χ0n) is 20.3. The van der Waals surface area contributed by atoms with Crippen molar-refractivity contribution in [1.29, 1.82) is 0 Å². The molecule has 0 saturated carbocycles. The Morgan fingerprint density at radius 3 is 2.40 bits per heavy atom. The number of rotatable bonds is 7. The quantitative estimate of drug-likeness (QED) is 0.267. The second-order valence-corrected chi connectivity index (χ2v) is 8.71. The van der Waals surface area contributed by atoms with E-state index in [1.807, 2.05) is 52.0 Å². The summed E-state index contributed by atoms with van der Waals surface area (Å²) in [4.78, 5) is 28.2. The second kappa shape index (κ2) is 10.1. The molecule has 1 aliphatic rings. The molecule has 0 aliphatic carbocycles. The van der Waals surface area contributed by atoms with Gasteiger partial charge in [-0.25, -0.2) is 0 Å². The van der Waals surface area contributed by atoms with Crippen molar-refractivity contribution >= 4 is 23.1 Å². The molecule has 0 aromatic heterocycles. The fourth-order valence-corrected chi connectivity index (χ4v) is 4.29. The Balaban J connectivity index is 1.90. The van der Waals surface area contributed by atoms with Gasteiger partial charge in [-0.1, -0.05) is 48.0 Å². The Labute approximate surface area is 205 Å². The number of amides is 1. The van der Waals surface area contributed by atoms with Gasteiger partial charge in [0, 0.05) is 17.3 Å². The van der Waals surface area contributed by atoms with Crippen LogP contribution >= 0.6 is 0 Å². The third-order valence-electron chi connectivity index (χ3n) is 5.69. The van der Waals surface area contributed by atoms with Gasteiger partial charge in [0.15, 0.2) is 0 Å². The lowest BCUT2D eigenvalue weighted by molar-refractivity contribution is -0.132. The number of benzene rings is 3. The molecule has 1 aliphatic heterocycles. The summed E-state index contributed by atoms with van der Waals surface area (Å²) in [6.07, 6.45) is -0.0529. The third-order valence-corrected chi connectivity index (χ3v) is 5.69. The van der Waals surface area contributed by atoms with Crippen LogP contribution < -0.4 is 14.4 Å². The first-order valence-electron chi connectivity index (χ1n) is 11.7. The first kappa shape index (κ1) is 24.1. The summed E-state index contributed by atoms with van der Waals surface area (Å²) >= 11 is 0. The van der Waals surface area contributed by atoms with E-state index in [0.29, 0.717) is 29.4 Å². The lowest BCUT2D eigenvalue weighted by atomic mass is 9.94. The van der Waals surface area contributed by atoms with Crippen molar-refractivity contribution in [2.45, 2.75) is 39.8 Å². The van der Waals surface area contributed by atoms with E-state index in [0.717, 1.165) is 11.1 Å². The summed E-state index contributed by atoms with van der Waals surface area (Å²) < 4.78 is 11.4. The van der Waals surface area contributed by atoms with Crippen molar-refractivity contribution in [3.63, 3.8) is 0 Å². The van der Waals surface area contributed by atoms with Gasteiger partial charge in [-0.2, -0.15) is 0 Å². The topological polar surface area (TPSA) is 76.1 Å². The smallest absolute Gasteiger partial charge is 0.300 e. The summed E-state index contributed by atoms with van der Waals surface area (Å²) in [6, 6.07) is 20.7. The van der Waals surface area contributed by atoms with Crippen molar-refractivity contribution in [1.82, 2.24) is 0 Å². The number of aliphatic hydroxyl groups excluding tert-OH is 1. The van der Waals surface area contributed by atoms with Gasteiger partial charge < -0.3 is 14.6 Å². The molecule has 35 heavy (non-hydrogen) atoms. The van der Waals surface area contributed by atoms with Gasteiger partial charge in [-0.3, -0.25) is 14.5 Å². The highest BCUT2D eigenvalue weighted by Crippen LogP contribution is 2.43. The average Bonchev–Trinajstić information content (AvgIpc) is 3.09. The minimum atomic E-state index is -0.804. The van der Waals surface area contributed by atoms with Crippen LogP contribution in [0.2, 0.25) is 0 Å². The maximum Gasteiger partial charge on any atom is 0.300 e. The molecule has 180 valence electrons. The Bertz CT molecular complexity index is 1290. The highest BCUT2D eigenvalue weighted by Gasteiger charge is 2.47. The molecule has 6 nitrogen and oxygen atoms in total. The molecule has 0 radical (unpaired) electrons. The van der Waals surface area contributed by atoms with E-state index >= 15 is 0 Å². The number of carbonyl (C=O) groups excluding carboxylic acids is 2. The van der Waals surface area contributed by atoms with Crippen molar-refractivity contribution in [3.8, 4) is 11.5 Å². The fourth-order valence-electron chi connectivity index (χ4n) is 4.29. The van der Waals surface area contributed by atoms with Crippen molar-refractivity contribution in [2.24, 2.45) is 0 Å². The number of hydrogen-bond donors (Lipinski definition) is 1. The van der Waals surface area contributed by atoms with Gasteiger partial charge in [-0.05, 0) is 57.5 Å². The zero-order valence-corrected chi connectivity index (χ0v) is 20.3. The van der Waals surface area contributed by atoms with E-state index in [-0.39, 0.29) is 17.4 Å². The maximum atomic E-state index is 13.4. The summed E-state index contributed by atoms with van der Waals surface area (Å²) in [6.45, 7) is 8.11. The Morgan fingerprint density at radius 2 is 1.69 bits per heavy atom. The molecular formula is C29H29NO5. The fraction of sp³-hybridized carbons (Fsp3) is 0.241.